The van der Waals surface area contributed by atoms with Gasteiger partial charge in [-0.05, 0) is 62.9 Å². The molecular weight excluding hydrogens is 452 g/mol. The number of Topliss-reactive ketones (excluding diaryl/α,β-unsaturated/α-hetero) is 1. The Hall–Kier alpha value is -0.870. The van der Waals surface area contributed by atoms with Gasteiger partial charge in [-0.3, -0.25) is 4.79 Å². The minimum atomic E-state index is -0.663. The standard InChI is InChI=1S/C27H42O8/c1-15-8-19(33-13-15)3-2-17(28)11-23(30)21-12-22-25(31)27-24(35-26(21)22)5-4-20(34-27)10-18(29)9-16-6-7-32-14-16/h16-17,19-28,30-31H,1-14H2/t16?,17?,19?,20?,21?,22?,23-,24+,25?,26?,27+/m1/s1. The second kappa shape index (κ2) is 11.3. The molecule has 35 heavy (non-hydrogen) atoms. The summed E-state index contributed by atoms with van der Waals surface area (Å²) in [5.74, 6) is 0.385. The first-order valence-electron chi connectivity index (χ1n) is 13.6. The van der Waals surface area contributed by atoms with E-state index in [2.05, 4.69) is 6.58 Å². The Kier molecular flexibility index (Phi) is 8.28. The highest BCUT2D eigenvalue weighted by Gasteiger charge is 2.57. The van der Waals surface area contributed by atoms with Crippen molar-refractivity contribution in [2.75, 3.05) is 19.8 Å². The van der Waals surface area contributed by atoms with E-state index in [4.69, 9.17) is 18.9 Å². The van der Waals surface area contributed by atoms with Crippen molar-refractivity contribution in [3.05, 3.63) is 12.2 Å². The summed E-state index contributed by atoms with van der Waals surface area (Å²) in [6, 6.07) is 0. The van der Waals surface area contributed by atoms with Gasteiger partial charge in [-0.1, -0.05) is 6.58 Å². The molecule has 0 amide bonds. The first-order chi connectivity index (χ1) is 16.9. The van der Waals surface area contributed by atoms with Gasteiger partial charge in [0.15, 0.2) is 0 Å². The van der Waals surface area contributed by atoms with Gasteiger partial charge in [0.25, 0.3) is 0 Å². The maximum Gasteiger partial charge on any atom is 0.135 e. The number of rotatable bonds is 10. The average molecular weight is 495 g/mol. The Morgan fingerprint density at radius 2 is 1.94 bits per heavy atom. The Balaban J connectivity index is 1.06. The van der Waals surface area contributed by atoms with Crippen LogP contribution in [0.1, 0.15) is 64.2 Å². The molecule has 1 aliphatic carbocycles. The molecule has 5 rings (SSSR count). The molecule has 198 valence electrons. The number of carbonyl (C=O) groups excluding carboxylic acids is 1. The van der Waals surface area contributed by atoms with Crippen molar-refractivity contribution >= 4 is 5.78 Å². The number of carbonyl (C=O) groups is 1. The van der Waals surface area contributed by atoms with Crippen LogP contribution in [0, 0.1) is 17.8 Å². The summed E-state index contributed by atoms with van der Waals surface area (Å²) in [4.78, 5) is 12.5. The topological polar surface area (TPSA) is 115 Å². The summed E-state index contributed by atoms with van der Waals surface area (Å²) in [5, 5.41) is 32.3. The summed E-state index contributed by atoms with van der Waals surface area (Å²) in [6.07, 6.45) is 3.75. The largest absolute Gasteiger partial charge is 0.393 e. The second-order valence-electron chi connectivity index (χ2n) is 11.6. The minimum absolute atomic E-state index is 0.0731. The fourth-order valence-electron chi connectivity index (χ4n) is 6.76. The van der Waals surface area contributed by atoms with Gasteiger partial charge in [0.05, 0.1) is 49.3 Å². The van der Waals surface area contributed by atoms with E-state index in [0.29, 0.717) is 51.2 Å². The molecule has 4 saturated heterocycles. The van der Waals surface area contributed by atoms with Gasteiger partial charge in [-0.2, -0.15) is 0 Å². The molecule has 0 radical (unpaired) electrons. The third-order valence-corrected chi connectivity index (χ3v) is 8.85. The molecule has 5 aliphatic rings. The monoisotopic (exact) mass is 494 g/mol. The molecule has 0 aromatic rings. The van der Waals surface area contributed by atoms with E-state index in [1.165, 1.54) is 0 Å². The van der Waals surface area contributed by atoms with E-state index < -0.39 is 24.4 Å². The predicted octanol–water partition coefficient (Wildman–Crippen LogP) is 1.92. The number of ketones is 1. The van der Waals surface area contributed by atoms with Crippen molar-refractivity contribution in [3.8, 4) is 0 Å². The molecule has 4 aliphatic heterocycles. The molecule has 4 heterocycles. The van der Waals surface area contributed by atoms with Crippen LogP contribution in [0.5, 0.6) is 0 Å². The molecule has 5 fully saturated rings. The summed E-state index contributed by atoms with van der Waals surface area (Å²) in [7, 11) is 0. The van der Waals surface area contributed by atoms with E-state index >= 15 is 0 Å². The molecule has 11 atom stereocenters. The van der Waals surface area contributed by atoms with Crippen LogP contribution in [0.3, 0.4) is 0 Å². The lowest BCUT2D eigenvalue weighted by atomic mass is 9.62. The van der Waals surface area contributed by atoms with Gasteiger partial charge >= 0.3 is 0 Å². The van der Waals surface area contributed by atoms with Gasteiger partial charge in [0, 0.05) is 37.9 Å². The highest BCUT2D eigenvalue weighted by atomic mass is 16.6. The van der Waals surface area contributed by atoms with Gasteiger partial charge in [0.2, 0.25) is 0 Å². The van der Waals surface area contributed by atoms with Crippen LogP contribution in [0.25, 0.3) is 0 Å². The summed E-state index contributed by atoms with van der Waals surface area (Å²) in [5.41, 5.74) is 1.10. The molecule has 8 nitrogen and oxygen atoms in total. The molecule has 3 N–H and O–H groups in total. The molecule has 8 heteroatoms. The third kappa shape index (κ3) is 6.00. The zero-order valence-electron chi connectivity index (χ0n) is 20.6. The quantitative estimate of drug-likeness (QED) is 0.395. The van der Waals surface area contributed by atoms with Crippen molar-refractivity contribution in [2.45, 2.75) is 113 Å². The van der Waals surface area contributed by atoms with Crippen LogP contribution < -0.4 is 0 Å². The molecule has 0 bridgehead atoms. The van der Waals surface area contributed by atoms with Crippen LogP contribution in [-0.4, -0.2) is 89.8 Å². The van der Waals surface area contributed by atoms with Crippen LogP contribution in [0.2, 0.25) is 0 Å². The molecule has 0 aromatic heterocycles. The van der Waals surface area contributed by atoms with Crippen molar-refractivity contribution in [3.63, 3.8) is 0 Å². The summed E-state index contributed by atoms with van der Waals surface area (Å²) >= 11 is 0. The molecule has 0 spiro atoms. The zero-order valence-corrected chi connectivity index (χ0v) is 20.6. The van der Waals surface area contributed by atoms with E-state index in [9.17, 15) is 20.1 Å². The Morgan fingerprint density at radius 1 is 1.09 bits per heavy atom. The number of aliphatic hydroxyl groups excluding tert-OH is 3. The van der Waals surface area contributed by atoms with E-state index in [0.717, 1.165) is 44.3 Å². The summed E-state index contributed by atoms with van der Waals surface area (Å²) in [6.45, 7) is 5.96. The Bertz CT molecular complexity index is 749. The van der Waals surface area contributed by atoms with Gasteiger partial charge < -0.3 is 34.3 Å². The van der Waals surface area contributed by atoms with Crippen molar-refractivity contribution in [1.29, 1.82) is 0 Å². The molecule has 0 aromatic carbocycles. The zero-order chi connectivity index (χ0) is 24.5. The van der Waals surface area contributed by atoms with E-state index in [1.807, 2.05) is 0 Å². The smallest absolute Gasteiger partial charge is 0.135 e. The normalized spacial score (nSPS) is 42.7. The molecule has 8 unspecified atom stereocenters. The second-order valence-corrected chi connectivity index (χ2v) is 11.6. The third-order valence-electron chi connectivity index (χ3n) is 8.85. The predicted molar refractivity (Wildman–Crippen MR) is 127 cm³/mol. The van der Waals surface area contributed by atoms with Crippen molar-refractivity contribution < 1.29 is 39.1 Å². The number of hydrogen-bond acceptors (Lipinski definition) is 8. The fourth-order valence-corrected chi connectivity index (χ4v) is 6.76. The molecular formula is C27H42O8. The van der Waals surface area contributed by atoms with Crippen LogP contribution in [0.15, 0.2) is 12.2 Å². The SMILES string of the molecule is C=C1COC(CCC(O)C[C@@H](O)C2CC3C2O[C@H]2CCC(CC(=O)CC4CCOC4)O[C@@H]2C3O)C1. The van der Waals surface area contributed by atoms with Gasteiger partial charge in [-0.15, -0.1) is 0 Å². The molecule has 1 saturated carbocycles. The number of hydrogen-bond donors (Lipinski definition) is 3. The highest BCUT2D eigenvalue weighted by molar-refractivity contribution is 5.79. The first kappa shape index (κ1) is 25.8. The van der Waals surface area contributed by atoms with Crippen LogP contribution in [0.4, 0.5) is 0 Å². The van der Waals surface area contributed by atoms with Gasteiger partial charge in [-0.25, -0.2) is 0 Å². The highest BCUT2D eigenvalue weighted by Crippen LogP contribution is 2.49. The van der Waals surface area contributed by atoms with Crippen molar-refractivity contribution in [1.82, 2.24) is 0 Å². The van der Waals surface area contributed by atoms with E-state index in [1.54, 1.807) is 0 Å². The lowest BCUT2D eigenvalue weighted by Crippen LogP contribution is -2.66. The van der Waals surface area contributed by atoms with Crippen LogP contribution in [-0.2, 0) is 23.7 Å². The average Bonchev–Trinajstić information content (AvgIpc) is 3.46. The van der Waals surface area contributed by atoms with Gasteiger partial charge in [0.1, 0.15) is 11.9 Å². The Labute approximate surface area is 208 Å². The maximum atomic E-state index is 12.5. The minimum Gasteiger partial charge on any atom is -0.393 e. The van der Waals surface area contributed by atoms with Crippen LogP contribution >= 0.6 is 0 Å². The maximum absolute atomic E-state index is 12.5. The summed E-state index contributed by atoms with van der Waals surface area (Å²) < 4.78 is 23.5. The lowest BCUT2D eigenvalue weighted by molar-refractivity contribution is -0.296. The number of aliphatic hydroxyl groups is 3. The Morgan fingerprint density at radius 3 is 2.69 bits per heavy atom. The number of fused-ring (bicyclic) bond motifs is 2. The van der Waals surface area contributed by atoms with Crippen molar-refractivity contribution in [2.24, 2.45) is 17.8 Å². The van der Waals surface area contributed by atoms with E-state index in [-0.39, 0.29) is 42.0 Å². The fraction of sp³-hybridized carbons (Fsp3) is 0.889. The lowest BCUT2D eigenvalue weighted by Gasteiger charge is -2.57. The number of ether oxygens (including phenoxy) is 4. The first-order valence-corrected chi connectivity index (χ1v) is 13.6.